The molecule has 2 nitrogen and oxygen atoms in total. The van der Waals surface area contributed by atoms with Crippen LogP contribution in [0.15, 0.2) is 42.5 Å². The Hall–Kier alpha value is -1.51. The number of para-hydroxylation sites is 1. The summed E-state index contributed by atoms with van der Waals surface area (Å²) in [5.74, 6) is 1.47. The molecule has 1 atom stereocenters. The lowest BCUT2D eigenvalue weighted by molar-refractivity contribution is 0.178. The fourth-order valence-corrected chi connectivity index (χ4v) is 2.26. The van der Waals surface area contributed by atoms with E-state index in [1.165, 1.54) is 0 Å². The van der Waals surface area contributed by atoms with Crippen LogP contribution >= 0.6 is 11.6 Å². The zero-order valence-electron chi connectivity index (χ0n) is 9.06. The molecule has 2 aromatic carbocycles. The molecular weight excluding hydrogens is 236 g/mol. The number of hydrogen-bond donors (Lipinski definition) is 1. The standard InChI is InChI=1S/C14H11ClO2/c15-10-5-6-14-11(8-10)12(16)7-9-3-1-2-4-13(9)17-14/h1-6,8,12,16H,7H2. The molecule has 1 N–H and O–H groups in total. The predicted molar refractivity (Wildman–Crippen MR) is 66.6 cm³/mol. The Morgan fingerprint density at radius 2 is 1.94 bits per heavy atom. The Morgan fingerprint density at radius 3 is 2.82 bits per heavy atom. The van der Waals surface area contributed by atoms with E-state index in [-0.39, 0.29) is 0 Å². The number of rotatable bonds is 0. The first-order valence-electron chi connectivity index (χ1n) is 5.47. The van der Waals surface area contributed by atoms with Crippen molar-refractivity contribution in [2.24, 2.45) is 0 Å². The SMILES string of the molecule is OC1Cc2ccccc2Oc2ccc(Cl)cc21. The maximum Gasteiger partial charge on any atom is 0.133 e. The van der Waals surface area contributed by atoms with Gasteiger partial charge in [0.25, 0.3) is 0 Å². The molecule has 1 aliphatic heterocycles. The maximum atomic E-state index is 10.2. The van der Waals surface area contributed by atoms with Gasteiger partial charge >= 0.3 is 0 Å². The third-order valence-corrected chi connectivity index (χ3v) is 3.17. The summed E-state index contributed by atoms with van der Waals surface area (Å²) in [6.07, 6.45) is -0.0314. The zero-order valence-corrected chi connectivity index (χ0v) is 9.82. The molecule has 0 radical (unpaired) electrons. The number of benzene rings is 2. The molecule has 3 rings (SSSR count). The van der Waals surface area contributed by atoms with E-state index in [1.807, 2.05) is 24.3 Å². The van der Waals surface area contributed by atoms with Crippen LogP contribution in [0.5, 0.6) is 11.5 Å². The first kappa shape index (κ1) is 10.6. The van der Waals surface area contributed by atoms with E-state index in [0.717, 1.165) is 16.9 Å². The van der Waals surface area contributed by atoms with Gasteiger partial charge in [-0.3, -0.25) is 0 Å². The Labute approximate surface area is 104 Å². The smallest absolute Gasteiger partial charge is 0.133 e. The van der Waals surface area contributed by atoms with E-state index < -0.39 is 6.10 Å². The quantitative estimate of drug-likeness (QED) is 0.768. The highest BCUT2D eigenvalue weighted by atomic mass is 35.5. The van der Waals surface area contributed by atoms with Gasteiger partial charge < -0.3 is 9.84 Å². The molecule has 0 fully saturated rings. The first-order valence-corrected chi connectivity index (χ1v) is 5.85. The van der Waals surface area contributed by atoms with Gasteiger partial charge in [-0.25, -0.2) is 0 Å². The highest BCUT2D eigenvalue weighted by Gasteiger charge is 2.21. The average molecular weight is 247 g/mol. The van der Waals surface area contributed by atoms with Crippen molar-refractivity contribution in [1.29, 1.82) is 0 Å². The largest absolute Gasteiger partial charge is 0.457 e. The molecule has 0 bridgehead atoms. The van der Waals surface area contributed by atoms with E-state index in [2.05, 4.69) is 0 Å². The Bertz CT molecular complexity index is 566. The Morgan fingerprint density at radius 1 is 1.12 bits per heavy atom. The van der Waals surface area contributed by atoms with Gasteiger partial charge in [0.05, 0.1) is 6.10 Å². The van der Waals surface area contributed by atoms with Crippen molar-refractivity contribution in [3.63, 3.8) is 0 Å². The summed E-state index contributed by atoms with van der Waals surface area (Å²) in [4.78, 5) is 0. The third-order valence-electron chi connectivity index (χ3n) is 2.94. The third kappa shape index (κ3) is 1.90. The Balaban J connectivity index is 2.14. The molecule has 1 unspecified atom stereocenters. The first-order chi connectivity index (χ1) is 8.24. The van der Waals surface area contributed by atoms with Gasteiger partial charge in [0.1, 0.15) is 11.5 Å². The number of aliphatic hydroxyl groups is 1. The zero-order chi connectivity index (χ0) is 11.8. The van der Waals surface area contributed by atoms with Crippen LogP contribution < -0.4 is 4.74 Å². The molecule has 3 heteroatoms. The number of aliphatic hydroxyl groups excluding tert-OH is 1. The van der Waals surface area contributed by atoms with Crippen LogP contribution in [0.3, 0.4) is 0 Å². The number of halogens is 1. The summed E-state index contributed by atoms with van der Waals surface area (Å²) in [6, 6.07) is 13.1. The number of ether oxygens (including phenoxy) is 1. The van der Waals surface area contributed by atoms with E-state index in [1.54, 1.807) is 18.2 Å². The van der Waals surface area contributed by atoms with Gasteiger partial charge in [0.2, 0.25) is 0 Å². The molecule has 0 saturated carbocycles. The molecular formula is C14H11ClO2. The fraction of sp³-hybridized carbons (Fsp3) is 0.143. The van der Waals surface area contributed by atoms with Crippen LogP contribution in [0.4, 0.5) is 0 Å². The monoisotopic (exact) mass is 246 g/mol. The summed E-state index contributed by atoms with van der Waals surface area (Å²) < 4.78 is 5.81. The second kappa shape index (κ2) is 4.06. The van der Waals surface area contributed by atoms with Crippen molar-refractivity contribution in [3.05, 3.63) is 58.6 Å². The summed E-state index contributed by atoms with van der Waals surface area (Å²) in [6.45, 7) is 0. The summed E-state index contributed by atoms with van der Waals surface area (Å²) in [5, 5.41) is 10.8. The molecule has 0 saturated heterocycles. The molecule has 0 spiro atoms. The number of hydrogen-bond acceptors (Lipinski definition) is 2. The van der Waals surface area contributed by atoms with Gasteiger partial charge in [-0.2, -0.15) is 0 Å². The van der Waals surface area contributed by atoms with Gasteiger partial charge in [0.15, 0.2) is 0 Å². The van der Waals surface area contributed by atoms with Crippen molar-refractivity contribution in [1.82, 2.24) is 0 Å². The van der Waals surface area contributed by atoms with E-state index in [0.29, 0.717) is 17.2 Å². The topological polar surface area (TPSA) is 29.5 Å². The Kier molecular flexibility index (Phi) is 2.54. The summed E-state index contributed by atoms with van der Waals surface area (Å²) in [7, 11) is 0. The van der Waals surface area contributed by atoms with Crippen LogP contribution in [0.2, 0.25) is 5.02 Å². The van der Waals surface area contributed by atoms with Crippen LogP contribution in [-0.4, -0.2) is 5.11 Å². The minimum Gasteiger partial charge on any atom is -0.457 e. The second-order valence-corrected chi connectivity index (χ2v) is 4.55. The molecule has 0 amide bonds. The van der Waals surface area contributed by atoms with Gasteiger partial charge in [-0.05, 0) is 29.8 Å². The molecule has 17 heavy (non-hydrogen) atoms. The van der Waals surface area contributed by atoms with Crippen molar-refractivity contribution in [3.8, 4) is 11.5 Å². The normalized spacial score (nSPS) is 17.6. The lowest BCUT2D eigenvalue weighted by Gasteiger charge is -2.10. The predicted octanol–water partition coefficient (Wildman–Crippen LogP) is 3.72. The molecule has 0 aliphatic carbocycles. The van der Waals surface area contributed by atoms with Gasteiger partial charge in [0, 0.05) is 17.0 Å². The highest BCUT2D eigenvalue weighted by Crippen LogP contribution is 2.39. The minimum atomic E-state index is -0.577. The number of fused-ring (bicyclic) bond motifs is 2. The molecule has 1 heterocycles. The minimum absolute atomic E-state index is 0.545. The molecule has 2 aromatic rings. The molecule has 1 aliphatic rings. The van der Waals surface area contributed by atoms with Gasteiger partial charge in [-0.1, -0.05) is 29.8 Å². The van der Waals surface area contributed by atoms with Crippen LogP contribution in [0, 0.1) is 0 Å². The van der Waals surface area contributed by atoms with Crippen molar-refractivity contribution in [2.45, 2.75) is 12.5 Å². The van der Waals surface area contributed by atoms with E-state index in [9.17, 15) is 5.11 Å². The van der Waals surface area contributed by atoms with Crippen molar-refractivity contribution in [2.75, 3.05) is 0 Å². The van der Waals surface area contributed by atoms with E-state index >= 15 is 0 Å². The van der Waals surface area contributed by atoms with Crippen LogP contribution in [-0.2, 0) is 6.42 Å². The second-order valence-electron chi connectivity index (χ2n) is 4.11. The van der Waals surface area contributed by atoms with Crippen molar-refractivity contribution < 1.29 is 9.84 Å². The molecule has 0 aromatic heterocycles. The lowest BCUT2D eigenvalue weighted by atomic mass is 10.0. The average Bonchev–Trinajstić information content (AvgIpc) is 2.46. The van der Waals surface area contributed by atoms with Crippen LogP contribution in [0.1, 0.15) is 17.2 Å². The summed E-state index contributed by atoms with van der Waals surface area (Å²) in [5.41, 5.74) is 1.75. The highest BCUT2D eigenvalue weighted by molar-refractivity contribution is 6.30. The lowest BCUT2D eigenvalue weighted by Crippen LogP contribution is -1.99. The maximum absolute atomic E-state index is 10.2. The van der Waals surface area contributed by atoms with Crippen LogP contribution in [0.25, 0.3) is 0 Å². The summed E-state index contributed by atoms with van der Waals surface area (Å²) >= 11 is 5.94. The van der Waals surface area contributed by atoms with E-state index in [4.69, 9.17) is 16.3 Å². The van der Waals surface area contributed by atoms with Gasteiger partial charge in [-0.15, -0.1) is 0 Å². The fourth-order valence-electron chi connectivity index (χ4n) is 2.08. The van der Waals surface area contributed by atoms with Crippen molar-refractivity contribution >= 4 is 11.6 Å². The molecule has 86 valence electrons.